The summed E-state index contributed by atoms with van der Waals surface area (Å²) in [6.07, 6.45) is 3.57. The summed E-state index contributed by atoms with van der Waals surface area (Å²) < 4.78 is 1.23. The minimum Gasteiger partial charge on any atom is -0.149 e. The molecule has 18 heavy (non-hydrogen) atoms. The van der Waals surface area contributed by atoms with E-state index in [1.807, 2.05) is 11.3 Å². The molecule has 0 aliphatic heterocycles. The Labute approximate surface area is 130 Å². The molecule has 1 aromatic carbocycles. The van der Waals surface area contributed by atoms with Gasteiger partial charge in [-0.1, -0.05) is 56.1 Å². The van der Waals surface area contributed by atoms with Crippen molar-refractivity contribution >= 4 is 43.2 Å². The van der Waals surface area contributed by atoms with E-state index in [1.165, 1.54) is 27.8 Å². The van der Waals surface area contributed by atoms with E-state index in [1.54, 1.807) is 0 Å². The second-order valence-corrected chi connectivity index (χ2v) is 6.97. The summed E-state index contributed by atoms with van der Waals surface area (Å²) in [5.74, 6) is 0.700. The standard InChI is InChI=1S/C15H16Br2S/c16-11-12(7-8-14-5-3-9-18-14)10-13-4-1-2-6-15(13)17/h1-6,9,12H,7-8,10-11H2. The summed E-state index contributed by atoms with van der Waals surface area (Å²) >= 11 is 9.14. The lowest BCUT2D eigenvalue weighted by atomic mass is 9.96. The molecule has 1 aromatic heterocycles. The maximum Gasteiger partial charge on any atom is 0.0207 e. The van der Waals surface area contributed by atoms with Gasteiger partial charge in [0.1, 0.15) is 0 Å². The van der Waals surface area contributed by atoms with Gasteiger partial charge in [-0.25, -0.2) is 0 Å². The van der Waals surface area contributed by atoms with E-state index in [0.717, 1.165) is 11.8 Å². The van der Waals surface area contributed by atoms with E-state index < -0.39 is 0 Å². The van der Waals surface area contributed by atoms with Crippen LogP contribution in [0.4, 0.5) is 0 Å². The Hall–Kier alpha value is -0.120. The van der Waals surface area contributed by atoms with Crippen LogP contribution in [0.2, 0.25) is 0 Å². The maximum absolute atomic E-state index is 3.65. The summed E-state index contributed by atoms with van der Waals surface area (Å²) in [5, 5.41) is 3.23. The van der Waals surface area contributed by atoms with E-state index in [0.29, 0.717) is 5.92 Å². The lowest BCUT2D eigenvalue weighted by Crippen LogP contribution is -2.08. The summed E-state index contributed by atoms with van der Waals surface area (Å²) in [6, 6.07) is 12.9. The Kier molecular flexibility index (Phi) is 5.93. The van der Waals surface area contributed by atoms with Gasteiger partial charge in [-0.15, -0.1) is 11.3 Å². The zero-order chi connectivity index (χ0) is 12.8. The molecule has 0 N–H and O–H groups in total. The topological polar surface area (TPSA) is 0 Å². The molecule has 0 radical (unpaired) electrons. The Morgan fingerprint density at radius 1 is 1.11 bits per heavy atom. The molecule has 0 aliphatic rings. The van der Waals surface area contributed by atoms with Gasteiger partial charge in [0.15, 0.2) is 0 Å². The van der Waals surface area contributed by atoms with Gasteiger partial charge in [0.25, 0.3) is 0 Å². The molecule has 1 heterocycles. The lowest BCUT2D eigenvalue weighted by molar-refractivity contribution is 0.544. The molecule has 0 fully saturated rings. The molecule has 0 saturated heterocycles. The number of benzene rings is 1. The van der Waals surface area contributed by atoms with Gasteiger partial charge in [-0.2, -0.15) is 0 Å². The monoisotopic (exact) mass is 386 g/mol. The van der Waals surface area contributed by atoms with Crippen molar-refractivity contribution in [3.05, 3.63) is 56.7 Å². The molecule has 0 spiro atoms. The van der Waals surface area contributed by atoms with Crippen LogP contribution in [-0.2, 0) is 12.8 Å². The number of halogens is 2. The van der Waals surface area contributed by atoms with Gasteiger partial charge >= 0.3 is 0 Å². The highest BCUT2D eigenvalue weighted by Gasteiger charge is 2.10. The van der Waals surface area contributed by atoms with Crippen molar-refractivity contribution in [3.8, 4) is 0 Å². The van der Waals surface area contributed by atoms with Gasteiger partial charge in [0.2, 0.25) is 0 Å². The molecular formula is C15H16Br2S. The molecule has 2 rings (SSSR count). The molecule has 0 bridgehead atoms. The van der Waals surface area contributed by atoms with E-state index in [9.17, 15) is 0 Å². The lowest BCUT2D eigenvalue weighted by Gasteiger charge is -2.14. The fourth-order valence-corrected chi connectivity index (χ4v) is 3.73. The molecule has 1 unspecified atom stereocenters. The highest BCUT2D eigenvalue weighted by atomic mass is 79.9. The van der Waals surface area contributed by atoms with Crippen molar-refractivity contribution in [1.82, 2.24) is 0 Å². The predicted octanol–water partition coefficient (Wildman–Crippen LogP) is 5.70. The van der Waals surface area contributed by atoms with Gasteiger partial charge in [-0.05, 0) is 48.3 Å². The first-order valence-electron chi connectivity index (χ1n) is 6.11. The molecule has 0 amide bonds. The van der Waals surface area contributed by atoms with E-state index in [-0.39, 0.29) is 0 Å². The highest BCUT2D eigenvalue weighted by molar-refractivity contribution is 9.10. The van der Waals surface area contributed by atoms with Crippen LogP contribution in [0.25, 0.3) is 0 Å². The van der Waals surface area contributed by atoms with Gasteiger partial charge in [0.05, 0.1) is 0 Å². The van der Waals surface area contributed by atoms with Crippen LogP contribution >= 0.6 is 43.2 Å². The van der Waals surface area contributed by atoms with Crippen LogP contribution in [-0.4, -0.2) is 5.33 Å². The zero-order valence-electron chi connectivity index (χ0n) is 10.1. The number of alkyl halides is 1. The molecular weight excluding hydrogens is 372 g/mol. The van der Waals surface area contributed by atoms with Gasteiger partial charge < -0.3 is 0 Å². The van der Waals surface area contributed by atoms with Crippen molar-refractivity contribution in [2.24, 2.45) is 5.92 Å². The van der Waals surface area contributed by atoms with Crippen molar-refractivity contribution in [1.29, 1.82) is 0 Å². The summed E-state index contributed by atoms with van der Waals surface area (Å²) in [4.78, 5) is 1.49. The highest BCUT2D eigenvalue weighted by Crippen LogP contribution is 2.24. The molecule has 2 aromatic rings. The first-order valence-corrected chi connectivity index (χ1v) is 8.90. The van der Waals surface area contributed by atoms with Gasteiger partial charge in [-0.3, -0.25) is 0 Å². The largest absolute Gasteiger partial charge is 0.149 e. The minimum absolute atomic E-state index is 0.700. The van der Waals surface area contributed by atoms with Crippen LogP contribution in [0.3, 0.4) is 0 Å². The SMILES string of the molecule is BrCC(CCc1cccs1)Cc1ccccc1Br. The average Bonchev–Trinajstić information content (AvgIpc) is 2.90. The van der Waals surface area contributed by atoms with Crippen molar-refractivity contribution < 1.29 is 0 Å². The van der Waals surface area contributed by atoms with Crippen LogP contribution < -0.4 is 0 Å². The second kappa shape index (κ2) is 7.46. The van der Waals surface area contributed by atoms with Crippen LogP contribution in [0, 0.1) is 5.92 Å². The number of hydrogen-bond acceptors (Lipinski definition) is 1. The number of thiophene rings is 1. The van der Waals surface area contributed by atoms with E-state index in [2.05, 4.69) is 73.6 Å². The van der Waals surface area contributed by atoms with Crippen LogP contribution in [0.15, 0.2) is 46.3 Å². The van der Waals surface area contributed by atoms with E-state index >= 15 is 0 Å². The van der Waals surface area contributed by atoms with Crippen molar-refractivity contribution in [3.63, 3.8) is 0 Å². The van der Waals surface area contributed by atoms with Crippen LogP contribution in [0.5, 0.6) is 0 Å². The van der Waals surface area contributed by atoms with Gasteiger partial charge in [0, 0.05) is 14.7 Å². The van der Waals surface area contributed by atoms with E-state index in [4.69, 9.17) is 0 Å². The molecule has 1 atom stereocenters. The number of rotatable bonds is 6. The summed E-state index contributed by atoms with van der Waals surface area (Å²) in [6.45, 7) is 0. The molecule has 0 nitrogen and oxygen atoms in total. The summed E-state index contributed by atoms with van der Waals surface area (Å²) in [5.41, 5.74) is 1.41. The first-order chi connectivity index (χ1) is 8.79. The third-order valence-corrected chi connectivity index (χ3v) is 5.69. The molecule has 96 valence electrons. The maximum atomic E-state index is 3.65. The summed E-state index contributed by atoms with van der Waals surface area (Å²) in [7, 11) is 0. The van der Waals surface area contributed by atoms with Crippen molar-refractivity contribution in [2.75, 3.05) is 5.33 Å². The molecule has 3 heteroatoms. The normalized spacial score (nSPS) is 12.6. The smallest absolute Gasteiger partial charge is 0.0207 e. The fraction of sp³-hybridized carbons (Fsp3) is 0.333. The average molecular weight is 388 g/mol. The third-order valence-electron chi connectivity index (χ3n) is 3.06. The number of aryl methyl sites for hydroxylation is 1. The second-order valence-electron chi connectivity index (χ2n) is 4.43. The minimum atomic E-state index is 0.700. The Morgan fingerprint density at radius 3 is 2.61 bits per heavy atom. The Morgan fingerprint density at radius 2 is 1.94 bits per heavy atom. The third kappa shape index (κ3) is 4.22. The Bertz CT molecular complexity index is 465. The van der Waals surface area contributed by atoms with Crippen LogP contribution in [0.1, 0.15) is 16.9 Å². The van der Waals surface area contributed by atoms with Crippen molar-refractivity contribution in [2.45, 2.75) is 19.3 Å². The molecule has 0 saturated carbocycles. The quantitative estimate of drug-likeness (QED) is 0.558. The number of hydrogen-bond donors (Lipinski definition) is 0. The fourth-order valence-electron chi connectivity index (χ4n) is 2.01. The first kappa shape index (κ1) is 14.3. The Balaban J connectivity index is 1.91. The molecule has 0 aliphatic carbocycles. The zero-order valence-corrected chi connectivity index (χ0v) is 14.1. The predicted molar refractivity (Wildman–Crippen MR) is 87.8 cm³/mol.